The first-order valence-electron chi connectivity index (χ1n) is 7.60. The van der Waals surface area contributed by atoms with Gasteiger partial charge in [-0.2, -0.15) is 0 Å². The Morgan fingerprint density at radius 2 is 2.08 bits per heavy atom. The van der Waals surface area contributed by atoms with Gasteiger partial charge in [0.15, 0.2) is 10.9 Å². The molecule has 24 heavy (non-hydrogen) atoms. The molecule has 0 saturated heterocycles. The van der Waals surface area contributed by atoms with Crippen molar-refractivity contribution in [2.75, 3.05) is 5.32 Å². The second kappa shape index (κ2) is 6.49. The molecule has 1 aromatic carbocycles. The third kappa shape index (κ3) is 3.74. The number of rotatable bonds is 3. The zero-order chi connectivity index (χ0) is 17.3. The van der Waals surface area contributed by atoms with E-state index >= 15 is 0 Å². The number of amides is 1. The predicted molar refractivity (Wildman–Crippen MR) is 97.7 cm³/mol. The lowest BCUT2D eigenvalue weighted by Crippen LogP contribution is -2.26. The van der Waals surface area contributed by atoms with E-state index in [2.05, 4.69) is 24.1 Å². The molecule has 1 amide bonds. The Morgan fingerprint density at radius 3 is 2.83 bits per heavy atom. The van der Waals surface area contributed by atoms with Gasteiger partial charge in [-0.3, -0.25) is 14.9 Å². The van der Waals surface area contributed by atoms with Crippen molar-refractivity contribution >= 4 is 45.8 Å². The van der Waals surface area contributed by atoms with Crippen LogP contribution in [0, 0.1) is 5.41 Å². The molecule has 124 valence electrons. The van der Waals surface area contributed by atoms with Gasteiger partial charge in [0, 0.05) is 17.5 Å². The fourth-order valence-electron chi connectivity index (χ4n) is 2.70. The predicted octanol–water partition coefficient (Wildman–Crippen LogP) is 4.60. The van der Waals surface area contributed by atoms with Gasteiger partial charge >= 0.3 is 0 Å². The lowest BCUT2D eigenvalue weighted by molar-refractivity contribution is -0.111. The Hall–Kier alpha value is -1.98. The van der Waals surface area contributed by atoms with Crippen LogP contribution in [0.25, 0.3) is 6.08 Å². The molecule has 4 nitrogen and oxygen atoms in total. The van der Waals surface area contributed by atoms with E-state index in [9.17, 15) is 9.59 Å². The fraction of sp³-hybridized carbons (Fsp3) is 0.278. The monoisotopic (exact) mass is 360 g/mol. The van der Waals surface area contributed by atoms with Crippen molar-refractivity contribution in [2.45, 2.75) is 26.7 Å². The summed E-state index contributed by atoms with van der Waals surface area (Å²) in [7, 11) is 0. The first-order valence-corrected chi connectivity index (χ1v) is 8.80. The zero-order valence-corrected chi connectivity index (χ0v) is 15.0. The van der Waals surface area contributed by atoms with Crippen LogP contribution in [0.15, 0.2) is 30.3 Å². The molecular formula is C18H17ClN2O2S. The normalized spacial score (nSPS) is 16.2. The minimum Gasteiger partial charge on any atom is -0.298 e. The van der Waals surface area contributed by atoms with Gasteiger partial charge in [-0.15, -0.1) is 0 Å². The maximum absolute atomic E-state index is 12.2. The number of hydrogen-bond donors (Lipinski definition) is 1. The number of nitrogens with zero attached hydrogens (tertiary/aromatic N) is 1. The number of carbonyl (C=O) groups is 2. The molecule has 1 aliphatic carbocycles. The van der Waals surface area contributed by atoms with Gasteiger partial charge in [-0.05, 0) is 29.5 Å². The topological polar surface area (TPSA) is 59.1 Å². The lowest BCUT2D eigenvalue weighted by atomic mass is 9.78. The van der Waals surface area contributed by atoms with Crippen LogP contribution >= 0.6 is 22.9 Å². The van der Waals surface area contributed by atoms with E-state index in [1.807, 2.05) is 18.2 Å². The summed E-state index contributed by atoms with van der Waals surface area (Å²) in [5, 5.41) is 3.76. The summed E-state index contributed by atoms with van der Waals surface area (Å²) >= 11 is 7.29. The number of carbonyl (C=O) groups excluding carboxylic acids is 2. The number of thiazole rings is 1. The summed E-state index contributed by atoms with van der Waals surface area (Å²) < 4.78 is 0. The Labute approximate surface area is 149 Å². The number of ketones is 1. The van der Waals surface area contributed by atoms with Gasteiger partial charge < -0.3 is 0 Å². The van der Waals surface area contributed by atoms with E-state index < -0.39 is 0 Å². The molecule has 6 heteroatoms. The van der Waals surface area contributed by atoms with Crippen LogP contribution in [0.1, 0.15) is 41.2 Å². The second-order valence-corrected chi connectivity index (χ2v) is 7.99. The summed E-state index contributed by atoms with van der Waals surface area (Å²) in [6.45, 7) is 4.11. The van der Waals surface area contributed by atoms with Crippen molar-refractivity contribution in [3.05, 3.63) is 51.5 Å². The highest BCUT2D eigenvalue weighted by atomic mass is 35.5. The molecule has 1 aromatic heterocycles. The van der Waals surface area contributed by atoms with E-state index in [-0.39, 0.29) is 17.1 Å². The molecule has 2 aromatic rings. The molecule has 3 rings (SSSR count). The van der Waals surface area contributed by atoms with Crippen molar-refractivity contribution in [1.82, 2.24) is 4.98 Å². The number of hydrogen-bond acceptors (Lipinski definition) is 4. The molecule has 0 radical (unpaired) electrons. The smallest absolute Gasteiger partial charge is 0.250 e. The summed E-state index contributed by atoms with van der Waals surface area (Å²) in [5.41, 5.74) is 1.47. The zero-order valence-electron chi connectivity index (χ0n) is 13.4. The number of aromatic nitrogens is 1. The number of anilines is 1. The van der Waals surface area contributed by atoms with Crippen LogP contribution in [0.5, 0.6) is 0 Å². The number of halogens is 1. The maximum Gasteiger partial charge on any atom is 0.250 e. The minimum atomic E-state index is -0.298. The largest absolute Gasteiger partial charge is 0.298 e. The molecule has 0 saturated carbocycles. The van der Waals surface area contributed by atoms with Crippen molar-refractivity contribution < 1.29 is 9.59 Å². The first-order chi connectivity index (χ1) is 11.3. The third-order valence-electron chi connectivity index (χ3n) is 3.79. The lowest BCUT2D eigenvalue weighted by Gasteiger charge is -2.26. The van der Waals surface area contributed by atoms with Crippen molar-refractivity contribution in [3.8, 4) is 0 Å². The van der Waals surface area contributed by atoms with Gasteiger partial charge in [0.1, 0.15) is 0 Å². The molecule has 0 spiro atoms. The van der Waals surface area contributed by atoms with Crippen LogP contribution in [0.2, 0.25) is 5.02 Å². The van der Waals surface area contributed by atoms with E-state index in [4.69, 9.17) is 11.6 Å². The standard InChI is InChI=1S/C18H17ClN2O2S/c1-18(2)9-13-16(14(22)10-18)24-17(20-13)21-15(23)8-7-11-5-3-4-6-12(11)19/h3-8H,9-10H2,1-2H3,(H,20,21,23)/b8-7+. The van der Waals surface area contributed by atoms with Gasteiger partial charge in [0.25, 0.3) is 0 Å². The number of benzene rings is 1. The van der Waals surface area contributed by atoms with E-state index in [0.717, 1.165) is 17.7 Å². The highest BCUT2D eigenvalue weighted by molar-refractivity contribution is 7.17. The second-order valence-electron chi connectivity index (χ2n) is 6.58. The molecule has 1 aliphatic rings. The highest BCUT2D eigenvalue weighted by Gasteiger charge is 2.33. The van der Waals surface area contributed by atoms with Gasteiger partial charge in [0.2, 0.25) is 5.91 Å². The van der Waals surface area contributed by atoms with Crippen LogP contribution in [0.4, 0.5) is 5.13 Å². The van der Waals surface area contributed by atoms with Crippen LogP contribution in [0.3, 0.4) is 0 Å². The van der Waals surface area contributed by atoms with E-state index in [1.54, 1.807) is 12.1 Å². The number of fused-ring (bicyclic) bond motifs is 1. The Morgan fingerprint density at radius 1 is 1.33 bits per heavy atom. The van der Waals surface area contributed by atoms with Gasteiger partial charge in [-0.1, -0.05) is 55.0 Å². The number of Topliss-reactive ketones (excluding diaryl/α,β-unsaturated/α-hetero) is 1. The average molecular weight is 361 g/mol. The Kier molecular flexibility index (Phi) is 4.56. The van der Waals surface area contributed by atoms with Gasteiger partial charge in [0.05, 0.1) is 10.6 Å². The number of nitrogens with one attached hydrogen (secondary N) is 1. The van der Waals surface area contributed by atoms with E-state index in [0.29, 0.717) is 21.5 Å². The maximum atomic E-state index is 12.2. The highest BCUT2D eigenvalue weighted by Crippen LogP contribution is 2.38. The molecular weight excluding hydrogens is 344 g/mol. The summed E-state index contributed by atoms with van der Waals surface area (Å²) in [6, 6.07) is 7.28. The molecule has 0 atom stereocenters. The molecule has 1 heterocycles. The molecule has 0 fully saturated rings. The minimum absolute atomic E-state index is 0.0800. The third-order valence-corrected chi connectivity index (χ3v) is 5.18. The van der Waals surface area contributed by atoms with E-state index in [1.165, 1.54) is 17.4 Å². The summed E-state index contributed by atoms with van der Waals surface area (Å²) in [6.07, 6.45) is 4.32. The van der Waals surface area contributed by atoms with Crippen LogP contribution in [-0.2, 0) is 11.2 Å². The molecule has 0 unspecified atom stereocenters. The Bertz CT molecular complexity index is 839. The summed E-state index contributed by atoms with van der Waals surface area (Å²) in [5.74, 6) is -0.196. The first kappa shape index (κ1) is 16.9. The van der Waals surface area contributed by atoms with Crippen molar-refractivity contribution in [1.29, 1.82) is 0 Å². The molecule has 0 aliphatic heterocycles. The summed E-state index contributed by atoms with van der Waals surface area (Å²) in [4.78, 5) is 29.3. The Balaban J connectivity index is 1.72. The van der Waals surface area contributed by atoms with Gasteiger partial charge in [-0.25, -0.2) is 4.98 Å². The van der Waals surface area contributed by atoms with Crippen molar-refractivity contribution in [2.24, 2.45) is 5.41 Å². The SMILES string of the molecule is CC1(C)CC(=O)c2sc(NC(=O)/C=C/c3ccccc3Cl)nc2C1. The van der Waals surface area contributed by atoms with Crippen LogP contribution < -0.4 is 5.32 Å². The van der Waals surface area contributed by atoms with Crippen LogP contribution in [-0.4, -0.2) is 16.7 Å². The van der Waals surface area contributed by atoms with Crippen molar-refractivity contribution in [3.63, 3.8) is 0 Å². The molecule has 1 N–H and O–H groups in total. The fourth-order valence-corrected chi connectivity index (χ4v) is 3.82. The quantitative estimate of drug-likeness (QED) is 0.813. The average Bonchev–Trinajstić information content (AvgIpc) is 2.87. The molecule has 0 bridgehead atoms.